The first kappa shape index (κ1) is 17.0. The summed E-state index contributed by atoms with van der Waals surface area (Å²) in [5.74, 6) is -0.0321. The number of hydrogen-bond acceptors (Lipinski definition) is 3. The lowest BCUT2D eigenvalue weighted by Gasteiger charge is -2.24. The zero-order chi connectivity index (χ0) is 16.4. The monoisotopic (exact) mass is 304 g/mol. The van der Waals surface area contributed by atoms with Crippen LogP contribution in [0.1, 0.15) is 57.8 Å². The second-order valence-electron chi connectivity index (χ2n) is 7.46. The van der Waals surface area contributed by atoms with Crippen molar-refractivity contribution in [3.05, 3.63) is 35.4 Å². The minimum atomic E-state index is -0.678. The summed E-state index contributed by atoms with van der Waals surface area (Å²) in [6, 6.07) is 7.96. The van der Waals surface area contributed by atoms with Gasteiger partial charge < -0.3 is 15.7 Å². The van der Waals surface area contributed by atoms with E-state index in [9.17, 15) is 9.90 Å². The van der Waals surface area contributed by atoms with E-state index in [2.05, 4.69) is 31.4 Å². The van der Waals surface area contributed by atoms with E-state index in [1.807, 2.05) is 31.2 Å². The number of nitrogens with one attached hydrogen (secondary N) is 2. The van der Waals surface area contributed by atoms with E-state index >= 15 is 0 Å². The quantitative estimate of drug-likeness (QED) is 0.800. The molecule has 0 aromatic heterocycles. The third-order valence-electron chi connectivity index (χ3n) is 4.49. The molecule has 4 nitrogen and oxygen atoms in total. The minimum absolute atomic E-state index is 0.0321. The number of carbonyl (C=O) groups excluding carboxylic acids is 1. The average molecular weight is 304 g/mol. The van der Waals surface area contributed by atoms with Crippen molar-refractivity contribution >= 4 is 5.91 Å². The number of rotatable bonds is 4. The molecule has 2 unspecified atom stereocenters. The van der Waals surface area contributed by atoms with E-state index in [0.717, 1.165) is 24.9 Å². The average Bonchev–Trinajstić information content (AvgIpc) is 2.91. The van der Waals surface area contributed by atoms with Gasteiger partial charge in [0, 0.05) is 6.54 Å². The molecule has 1 aliphatic heterocycles. The van der Waals surface area contributed by atoms with Gasteiger partial charge in [0.1, 0.15) is 0 Å². The van der Waals surface area contributed by atoms with Crippen LogP contribution in [0.3, 0.4) is 0 Å². The van der Waals surface area contributed by atoms with Crippen LogP contribution in [0.25, 0.3) is 0 Å². The first-order valence-corrected chi connectivity index (χ1v) is 8.04. The third kappa shape index (κ3) is 3.87. The number of aliphatic hydroxyl groups is 1. The molecule has 0 radical (unpaired) electrons. The molecule has 122 valence electrons. The lowest BCUT2D eigenvalue weighted by molar-refractivity contribution is -0.127. The van der Waals surface area contributed by atoms with Gasteiger partial charge in [0.25, 0.3) is 0 Å². The molecule has 1 heterocycles. The van der Waals surface area contributed by atoms with Crippen LogP contribution in [0, 0.1) is 0 Å². The molecule has 2 rings (SSSR count). The first-order valence-electron chi connectivity index (χ1n) is 8.04. The van der Waals surface area contributed by atoms with Crippen LogP contribution in [-0.2, 0) is 10.2 Å². The van der Waals surface area contributed by atoms with Crippen molar-refractivity contribution in [2.45, 2.75) is 57.6 Å². The van der Waals surface area contributed by atoms with Crippen LogP contribution < -0.4 is 10.6 Å². The summed E-state index contributed by atoms with van der Waals surface area (Å²) < 4.78 is 0. The molecule has 1 aromatic rings. The van der Waals surface area contributed by atoms with Gasteiger partial charge in [-0.3, -0.25) is 4.79 Å². The Morgan fingerprint density at radius 3 is 2.50 bits per heavy atom. The highest BCUT2D eigenvalue weighted by Gasteiger charge is 2.35. The lowest BCUT2D eigenvalue weighted by Crippen LogP contribution is -2.51. The van der Waals surface area contributed by atoms with Crippen molar-refractivity contribution in [2.24, 2.45) is 0 Å². The van der Waals surface area contributed by atoms with Crippen molar-refractivity contribution in [2.75, 3.05) is 13.1 Å². The van der Waals surface area contributed by atoms with Gasteiger partial charge in [0.2, 0.25) is 5.91 Å². The van der Waals surface area contributed by atoms with Crippen LogP contribution in [-0.4, -0.2) is 29.6 Å². The van der Waals surface area contributed by atoms with Crippen molar-refractivity contribution in [1.82, 2.24) is 10.6 Å². The zero-order valence-corrected chi connectivity index (χ0v) is 14.1. The number of benzene rings is 1. The van der Waals surface area contributed by atoms with Crippen molar-refractivity contribution in [1.29, 1.82) is 0 Å². The summed E-state index contributed by atoms with van der Waals surface area (Å²) in [5, 5.41) is 16.3. The van der Waals surface area contributed by atoms with Crippen molar-refractivity contribution in [3.63, 3.8) is 0 Å². The van der Waals surface area contributed by atoms with Gasteiger partial charge in [-0.2, -0.15) is 0 Å². The zero-order valence-electron chi connectivity index (χ0n) is 14.1. The smallest absolute Gasteiger partial charge is 0.240 e. The summed E-state index contributed by atoms with van der Waals surface area (Å²) in [6.07, 6.45) is 1.18. The molecular weight excluding hydrogens is 276 g/mol. The molecule has 4 heteroatoms. The number of aliphatic hydroxyl groups excluding tert-OH is 1. The molecule has 3 N–H and O–H groups in total. The van der Waals surface area contributed by atoms with Crippen LogP contribution >= 0.6 is 0 Å². The molecular formula is C18H28N2O2. The van der Waals surface area contributed by atoms with Gasteiger partial charge in [-0.15, -0.1) is 0 Å². The molecule has 1 aliphatic rings. The summed E-state index contributed by atoms with van der Waals surface area (Å²) in [6.45, 7) is 9.52. The maximum absolute atomic E-state index is 12.2. The van der Waals surface area contributed by atoms with Crippen LogP contribution in [0.2, 0.25) is 0 Å². The Bertz CT molecular complexity index is 511. The Balaban J connectivity index is 1.92. The summed E-state index contributed by atoms with van der Waals surface area (Å²) in [4.78, 5) is 12.2. The summed E-state index contributed by atoms with van der Waals surface area (Å²) in [7, 11) is 0. The van der Waals surface area contributed by atoms with E-state index in [1.54, 1.807) is 0 Å². The molecule has 1 saturated heterocycles. The molecule has 0 aliphatic carbocycles. The fraction of sp³-hybridized carbons (Fsp3) is 0.611. The molecule has 1 amide bonds. The Morgan fingerprint density at radius 2 is 2.00 bits per heavy atom. The lowest BCUT2D eigenvalue weighted by atomic mass is 9.86. The van der Waals surface area contributed by atoms with Crippen LogP contribution in [0.15, 0.2) is 24.3 Å². The summed E-state index contributed by atoms with van der Waals surface area (Å²) in [5.41, 5.74) is 1.67. The fourth-order valence-corrected chi connectivity index (χ4v) is 2.80. The largest absolute Gasteiger partial charge is 0.387 e. The molecule has 0 bridgehead atoms. The Morgan fingerprint density at radius 1 is 1.36 bits per heavy atom. The highest BCUT2D eigenvalue weighted by molar-refractivity contribution is 5.86. The predicted molar refractivity (Wildman–Crippen MR) is 88.8 cm³/mol. The normalized spacial score (nSPS) is 23.3. The number of hydrogen-bond donors (Lipinski definition) is 3. The van der Waals surface area contributed by atoms with Gasteiger partial charge in [-0.1, -0.05) is 45.0 Å². The second-order valence-corrected chi connectivity index (χ2v) is 7.46. The van der Waals surface area contributed by atoms with E-state index in [0.29, 0.717) is 0 Å². The minimum Gasteiger partial charge on any atom is -0.387 e. The molecule has 0 spiro atoms. The number of carbonyl (C=O) groups is 1. The highest BCUT2D eigenvalue weighted by atomic mass is 16.3. The van der Waals surface area contributed by atoms with Gasteiger partial charge in [0.15, 0.2) is 0 Å². The third-order valence-corrected chi connectivity index (χ3v) is 4.49. The van der Waals surface area contributed by atoms with Gasteiger partial charge >= 0.3 is 0 Å². The maximum Gasteiger partial charge on any atom is 0.240 e. The second kappa shape index (κ2) is 6.39. The van der Waals surface area contributed by atoms with E-state index in [4.69, 9.17) is 0 Å². The van der Waals surface area contributed by atoms with Gasteiger partial charge in [-0.25, -0.2) is 0 Å². The summed E-state index contributed by atoms with van der Waals surface area (Å²) >= 11 is 0. The van der Waals surface area contributed by atoms with E-state index < -0.39 is 11.6 Å². The standard InChI is InChI=1S/C18H28N2O2/c1-17(2,3)14-8-6-13(7-9-14)15(21)12-19-16(22)18(4)10-5-11-20-18/h6-9,15,20-21H,5,10-12H2,1-4H3,(H,19,22). The molecule has 1 aromatic carbocycles. The fourth-order valence-electron chi connectivity index (χ4n) is 2.80. The predicted octanol–water partition coefficient (Wildman–Crippen LogP) is 2.28. The van der Waals surface area contributed by atoms with Gasteiger partial charge in [-0.05, 0) is 42.9 Å². The van der Waals surface area contributed by atoms with Crippen LogP contribution in [0.4, 0.5) is 0 Å². The van der Waals surface area contributed by atoms with E-state index in [1.165, 1.54) is 5.56 Å². The van der Waals surface area contributed by atoms with E-state index in [-0.39, 0.29) is 17.9 Å². The topological polar surface area (TPSA) is 61.4 Å². The molecule has 1 fully saturated rings. The van der Waals surface area contributed by atoms with Crippen LogP contribution in [0.5, 0.6) is 0 Å². The molecule has 22 heavy (non-hydrogen) atoms. The highest BCUT2D eigenvalue weighted by Crippen LogP contribution is 2.24. The number of amides is 1. The first-order chi connectivity index (χ1) is 10.2. The Kier molecular flexibility index (Phi) is 4.93. The van der Waals surface area contributed by atoms with Gasteiger partial charge in [0.05, 0.1) is 11.6 Å². The Labute approximate surface area is 133 Å². The molecule has 0 saturated carbocycles. The van der Waals surface area contributed by atoms with Crippen molar-refractivity contribution < 1.29 is 9.90 Å². The SMILES string of the molecule is CC1(C(=O)NCC(O)c2ccc(C(C)(C)C)cc2)CCCN1. The van der Waals surface area contributed by atoms with Crippen molar-refractivity contribution in [3.8, 4) is 0 Å². The maximum atomic E-state index is 12.2. The Hall–Kier alpha value is -1.39. The molecule has 2 atom stereocenters.